The first-order valence-corrected chi connectivity index (χ1v) is 15.7. The van der Waals surface area contributed by atoms with E-state index in [1.807, 2.05) is 83.8 Å². The monoisotopic (exact) mass is 552 g/mol. The van der Waals surface area contributed by atoms with Gasteiger partial charge in [0.15, 0.2) is 9.84 Å². The van der Waals surface area contributed by atoms with E-state index in [2.05, 4.69) is 29.2 Å². The number of hydrogen-bond donors (Lipinski definition) is 0. The largest absolute Gasteiger partial charge is 0.334 e. The summed E-state index contributed by atoms with van der Waals surface area (Å²) in [4.78, 5) is 19.4. The molecule has 0 radical (unpaired) electrons. The van der Waals surface area contributed by atoms with E-state index in [1.165, 1.54) is 11.8 Å². The smallest absolute Gasteiger partial charge is 0.235 e. The van der Waals surface area contributed by atoms with Gasteiger partial charge in [-0.25, -0.2) is 8.42 Å². The van der Waals surface area contributed by atoms with Crippen molar-refractivity contribution in [2.45, 2.75) is 42.8 Å². The van der Waals surface area contributed by atoms with E-state index >= 15 is 0 Å². The Kier molecular flexibility index (Phi) is 8.78. The number of likely N-dealkylation sites (tertiary alicyclic amines) is 1. The molecule has 0 N–H and O–H groups in total. The molecule has 1 fully saturated rings. The van der Waals surface area contributed by atoms with Crippen LogP contribution in [0, 0.1) is 0 Å². The maximum atomic E-state index is 14.6. The number of benzene rings is 4. The average molecular weight is 553 g/mol. The van der Waals surface area contributed by atoms with Crippen molar-refractivity contribution in [1.82, 2.24) is 9.80 Å². The number of nitrogens with zero attached hydrogens (tertiary/aromatic N) is 2. The summed E-state index contributed by atoms with van der Waals surface area (Å²) >= 11 is 0. The van der Waals surface area contributed by atoms with Crippen molar-refractivity contribution in [3.8, 4) is 0 Å². The van der Waals surface area contributed by atoms with Gasteiger partial charge in [0, 0.05) is 38.5 Å². The lowest BCUT2D eigenvalue weighted by Crippen LogP contribution is -2.48. The molecular weight excluding hydrogens is 516 g/mol. The van der Waals surface area contributed by atoms with Crippen molar-refractivity contribution in [3.63, 3.8) is 0 Å². The van der Waals surface area contributed by atoms with Gasteiger partial charge < -0.3 is 4.90 Å². The topological polar surface area (TPSA) is 57.7 Å². The van der Waals surface area contributed by atoms with Gasteiger partial charge in [-0.3, -0.25) is 9.69 Å². The zero-order chi connectivity index (χ0) is 28.0. The molecule has 0 saturated carbocycles. The Morgan fingerprint density at radius 2 is 1.25 bits per heavy atom. The van der Waals surface area contributed by atoms with Crippen molar-refractivity contribution >= 4 is 15.7 Å². The van der Waals surface area contributed by atoms with E-state index in [-0.39, 0.29) is 16.8 Å². The quantitative estimate of drug-likeness (QED) is 0.259. The number of carbonyl (C=O) groups excluding carboxylic acids is 1. The SMILES string of the molecule is CS(=O)(=O)c1ccc(CN(C(=O)C(c2ccccc2)c2ccccc2)C2CCN(Cc3ccccc3)CC2)cc1. The van der Waals surface area contributed by atoms with E-state index in [0.717, 1.165) is 49.2 Å². The minimum Gasteiger partial charge on any atom is -0.334 e. The number of carbonyl (C=O) groups is 1. The van der Waals surface area contributed by atoms with Gasteiger partial charge in [-0.05, 0) is 47.2 Å². The lowest BCUT2D eigenvalue weighted by Gasteiger charge is -2.40. The molecule has 1 saturated heterocycles. The van der Waals surface area contributed by atoms with Crippen molar-refractivity contribution in [2.75, 3.05) is 19.3 Å². The molecule has 0 atom stereocenters. The lowest BCUT2D eigenvalue weighted by molar-refractivity contribution is -0.136. The highest BCUT2D eigenvalue weighted by molar-refractivity contribution is 7.90. The van der Waals surface area contributed by atoms with Gasteiger partial charge in [-0.15, -0.1) is 0 Å². The molecule has 4 aromatic carbocycles. The van der Waals surface area contributed by atoms with Crippen LogP contribution < -0.4 is 0 Å². The van der Waals surface area contributed by atoms with E-state index in [0.29, 0.717) is 6.54 Å². The molecule has 0 bridgehead atoms. The molecule has 4 aromatic rings. The van der Waals surface area contributed by atoms with Crippen LogP contribution in [-0.2, 0) is 27.7 Å². The Balaban J connectivity index is 1.43. The highest BCUT2D eigenvalue weighted by Gasteiger charge is 2.33. The van der Waals surface area contributed by atoms with Gasteiger partial charge in [0.05, 0.1) is 10.8 Å². The minimum absolute atomic E-state index is 0.0751. The third-order valence-corrected chi connectivity index (χ3v) is 8.88. The second-order valence-electron chi connectivity index (χ2n) is 10.6. The molecule has 5 nitrogen and oxygen atoms in total. The summed E-state index contributed by atoms with van der Waals surface area (Å²) in [5.74, 6) is -0.342. The summed E-state index contributed by atoms with van der Waals surface area (Å²) in [7, 11) is -3.29. The first kappa shape index (κ1) is 27.8. The van der Waals surface area contributed by atoms with Crippen LogP contribution in [0.3, 0.4) is 0 Å². The van der Waals surface area contributed by atoms with Crippen LogP contribution in [0.1, 0.15) is 41.0 Å². The minimum atomic E-state index is -3.29. The number of rotatable bonds is 9. The molecule has 5 rings (SSSR count). The second-order valence-corrected chi connectivity index (χ2v) is 12.6. The summed E-state index contributed by atoms with van der Waals surface area (Å²) in [6.45, 7) is 3.17. The predicted octanol–water partition coefficient (Wildman–Crippen LogP) is 5.92. The molecule has 40 heavy (non-hydrogen) atoms. The maximum Gasteiger partial charge on any atom is 0.235 e. The Hall–Kier alpha value is -3.74. The fraction of sp³-hybridized carbons (Fsp3) is 0.265. The van der Waals surface area contributed by atoms with Crippen LogP contribution in [0.5, 0.6) is 0 Å². The maximum absolute atomic E-state index is 14.6. The van der Waals surface area contributed by atoms with Crippen LogP contribution in [-0.4, -0.2) is 49.5 Å². The van der Waals surface area contributed by atoms with Crippen molar-refractivity contribution < 1.29 is 13.2 Å². The second kappa shape index (κ2) is 12.6. The number of amides is 1. The van der Waals surface area contributed by atoms with E-state index in [4.69, 9.17) is 0 Å². The van der Waals surface area contributed by atoms with Crippen LogP contribution >= 0.6 is 0 Å². The summed E-state index contributed by atoms with van der Waals surface area (Å²) < 4.78 is 24.0. The van der Waals surface area contributed by atoms with Crippen molar-refractivity contribution in [1.29, 1.82) is 0 Å². The van der Waals surface area contributed by atoms with Gasteiger partial charge in [0.25, 0.3) is 0 Å². The molecule has 6 heteroatoms. The predicted molar refractivity (Wildman–Crippen MR) is 160 cm³/mol. The van der Waals surface area contributed by atoms with Gasteiger partial charge in [-0.1, -0.05) is 103 Å². The normalized spacial score (nSPS) is 14.8. The molecule has 0 aromatic heterocycles. The molecule has 0 aliphatic carbocycles. The lowest BCUT2D eigenvalue weighted by atomic mass is 9.88. The number of sulfone groups is 1. The standard InChI is InChI=1S/C34H36N2O3S/c1-40(38,39)32-19-17-28(18-20-32)26-36(31-21-23-35(24-22-31)25-27-11-5-2-6-12-27)34(37)33(29-13-7-3-8-14-29)30-15-9-4-10-16-30/h2-20,31,33H,21-26H2,1H3. The summed E-state index contributed by atoms with van der Waals surface area (Å²) in [6.07, 6.45) is 2.98. The molecule has 1 aliphatic rings. The highest BCUT2D eigenvalue weighted by atomic mass is 32.2. The Bertz CT molecular complexity index is 1440. The van der Waals surface area contributed by atoms with E-state index < -0.39 is 15.8 Å². The summed E-state index contributed by atoms with van der Waals surface area (Å²) in [5, 5.41) is 0. The third kappa shape index (κ3) is 6.87. The van der Waals surface area contributed by atoms with Gasteiger partial charge >= 0.3 is 0 Å². The molecule has 1 amide bonds. The first-order chi connectivity index (χ1) is 19.4. The molecular formula is C34H36N2O3S. The third-order valence-electron chi connectivity index (χ3n) is 7.75. The van der Waals surface area contributed by atoms with Crippen LogP contribution in [0.25, 0.3) is 0 Å². The Labute approximate surface area is 238 Å². The zero-order valence-electron chi connectivity index (χ0n) is 22.9. The van der Waals surface area contributed by atoms with Gasteiger partial charge in [0.1, 0.15) is 0 Å². The Morgan fingerprint density at radius 3 is 1.75 bits per heavy atom. The van der Waals surface area contributed by atoms with Crippen molar-refractivity contribution in [2.24, 2.45) is 0 Å². The average Bonchev–Trinajstić information content (AvgIpc) is 2.98. The Morgan fingerprint density at radius 1 is 0.750 bits per heavy atom. The molecule has 0 spiro atoms. The van der Waals surface area contributed by atoms with Crippen LogP contribution in [0.2, 0.25) is 0 Å². The van der Waals surface area contributed by atoms with E-state index in [9.17, 15) is 13.2 Å². The highest BCUT2D eigenvalue weighted by Crippen LogP contribution is 2.31. The van der Waals surface area contributed by atoms with Crippen LogP contribution in [0.15, 0.2) is 120 Å². The van der Waals surface area contributed by atoms with Crippen molar-refractivity contribution in [3.05, 3.63) is 138 Å². The molecule has 0 unspecified atom stereocenters. The van der Waals surface area contributed by atoms with Gasteiger partial charge in [-0.2, -0.15) is 0 Å². The van der Waals surface area contributed by atoms with Gasteiger partial charge in [0.2, 0.25) is 5.91 Å². The zero-order valence-corrected chi connectivity index (χ0v) is 23.7. The first-order valence-electron chi connectivity index (χ1n) is 13.8. The summed E-state index contributed by atoms with van der Waals surface area (Å²) in [5.41, 5.74) is 4.16. The van der Waals surface area contributed by atoms with E-state index in [1.54, 1.807) is 12.1 Å². The molecule has 1 heterocycles. The number of hydrogen-bond acceptors (Lipinski definition) is 4. The summed E-state index contributed by atoms with van der Waals surface area (Å²) in [6, 6.07) is 37.5. The fourth-order valence-corrected chi connectivity index (χ4v) is 6.22. The fourth-order valence-electron chi connectivity index (χ4n) is 5.59. The molecule has 1 aliphatic heterocycles. The molecule has 206 valence electrons. The number of piperidine rings is 1. The van der Waals surface area contributed by atoms with Crippen LogP contribution in [0.4, 0.5) is 0 Å².